The van der Waals surface area contributed by atoms with E-state index in [1.54, 1.807) is 0 Å². The van der Waals surface area contributed by atoms with Gasteiger partial charge in [0, 0.05) is 5.92 Å². The maximum Gasteiger partial charge on any atom is 0.231 e. The Morgan fingerprint density at radius 1 is 1.10 bits per heavy atom. The average Bonchev–Trinajstić information content (AvgIpc) is 2.91. The summed E-state index contributed by atoms with van der Waals surface area (Å²) in [6.07, 6.45) is 2.58. The van der Waals surface area contributed by atoms with Gasteiger partial charge in [-0.1, -0.05) is 31.6 Å². The highest BCUT2D eigenvalue weighted by Gasteiger charge is 2.43. The van der Waals surface area contributed by atoms with Crippen molar-refractivity contribution in [2.24, 2.45) is 23.7 Å². The summed E-state index contributed by atoms with van der Waals surface area (Å²) >= 11 is 0. The number of fused-ring (bicyclic) bond motifs is 3. The van der Waals surface area contributed by atoms with Crippen LogP contribution in [0.3, 0.4) is 0 Å². The Morgan fingerprint density at radius 3 is 2.76 bits per heavy atom. The molecular formula is C18H22O3. The zero-order chi connectivity index (χ0) is 14.6. The fraction of sp³-hybridized carbons (Fsp3) is 0.556. The lowest BCUT2D eigenvalue weighted by atomic mass is 9.64. The second-order valence-corrected chi connectivity index (χ2v) is 6.69. The summed E-state index contributed by atoms with van der Waals surface area (Å²) in [7, 11) is 0. The van der Waals surface area contributed by atoms with Crippen LogP contribution in [0.1, 0.15) is 32.4 Å². The average molecular weight is 286 g/mol. The van der Waals surface area contributed by atoms with Crippen LogP contribution in [-0.4, -0.2) is 13.4 Å². The lowest BCUT2D eigenvalue weighted by molar-refractivity contribution is -0.0934. The zero-order valence-corrected chi connectivity index (χ0v) is 12.8. The highest BCUT2D eigenvalue weighted by atomic mass is 16.7. The van der Waals surface area contributed by atoms with E-state index < -0.39 is 0 Å². The van der Waals surface area contributed by atoms with Crippen molar-refractivity contribution in [1.82, 2.24) is 0 Å². The van der Waals surface area contributed by atoms with Crippen LogP contribution >= 0.6 is 0 Å². The third-order valence-electron chi connectivity index (χ3n) is 5.49. The van der Waals surface area contributed by atoms with E-state index in [1.165, 1.54) is 11.1 Å². The third-order valence-corrected chi connectivity index (χ3v) is 5.49. The first-order valence-corrected chi connectivity index (χ1v) is 7.84. The number of rotatable bonds is 1. The quantitative estimate of drug-likeness (QED) is 0.732. The van der Waals surface area contributed by atoms with E-state index in [1.807, 2.05) is 6.07 Å². The monoisotopic (exact) mass is 286 g/mol. The van der Waals surface area contributed by atoms with E-state index in [2.05, 4.69) is 39.0 Å². The maximum absolute atomic E-state index is 6.26. The number of allylic oxidation sites excluding steroid dienone is 1. The lowest BCUT2D eigenvalue weighted by Crippen LogP contribution is -2.42. The van der Waals surface area contributed by atoms with E-state index in [-0.39, 0.29) is 6.10 Å². The van der Waals surface area contributed by atoms with E-state index in [4.69, 9.17) is 14.2 Å². The van der Waals surface area contributed by atoms with Crippen molar-refractivity contribution < 1.29 is 14.2 Å². The predicted molar refractivity (Wildman–Crippen MR) is 80.3 cm³/mol. The molecule has 1 aromatic rings. The molecule has 0 amide bonds. The van der Waals surface area contributed by atoms with Gasteiger partial charge in [-0.05, 0) is 42.4 Å². The number of benzene rings is 1. The van der Waals surface area contributed by atoms with Crippen LogP contribution in [0.5, 0.6) is 11.5 Å². The van der Waals surface area contributed by atoms with Gasteiger partial charge in [0.15, 0.2) is 11.5 Å². The molecule has 0 radical (unpaired) electrons. The summed E-state index contributed by atoms with van der Waals surface area (Å²) in [6, 6.07) is 6.21. The number of ether oxygens (including phenoxy) is 3. The molecular weight excluding hydrogens is 264 g/mol. The molecule has 1 aromatic carbocycles. The van der Waals surface area contributed by atoms with Crippen LogP contribution in [-0.2, 0) is 4.74 Å². The molecule has 3 heteroatoms. The topological polar surface area (TPSA) is 27.7 Å². The first kappa shape index (κ1) is 13.2. The first-order valence-electron chi connectivity index (χ1n) is 7.84. The third kappa shape index (κ3) is 1.98. The summed E-state index contributed by atoms with van der Waals surface area (Å²) in [4.78, 5) is 0. The highest BCUT2D eigenvalue weighted by molar-refractivity contribution is 5.45. The van der Waals surface area contributed by atoms with Gasteiger partial charge in [-0.15, -0.1) is 0 Å². The molecule has 112 valence electrons. The van der Waals surface area contributed by atoms with Crippen LogP contribution in [0, 0.1) is 23.7 Å². The Labute approximate surface area is 125 Å². The molecule has 21 heavy (non-hydrogen) atoms. The molecule has 2 aliphatic heterocycles. The molecule has 3 nitrogen and oxygen atoms in total. The minimum atomic E-state index is 0.134. The zero-order valence-electron chi connectivity index (χ0n) is 12.8. The standard InChI is InChI=1S/C18H22O3/c1-10-6-11(2)17-12(3)14(10)8-19-18(17)13-4-5-15-16(7-13)21-9-20-15/h4-7,10,12,14,17-18H,8-9H2,1-3H3/t10-,12-,14+,17+,18-/m0/s1. The molecule has 0 saturated carbocycles. The van der Waals surface area contributed by atoms with Crippen molar-refractivity contribution >= 4 is 0 Å². The van der Waals surface area contributed by atoms with Gasteiger partial charge in [-0.2, -0.15) is 0 Å². The number of hydrogen-bond donors (Lipinski definition) is 0. The summed E-state index contributed by atoms with van der Waals surface area (Å²) in [6.45, 7) is 8.11. The van der Waals surface area contributed by atoms with Gasteiger partial charge < -0.3 is 14.2 Å². The van der Waals surface area contributed by atoms with Gasteiger partial charge >= 0.3 is 0 Å². The van der Waals surface area contributed by atoms with Crippen molar-refractivity contribution in [1.29, 1.82) is 0 Å². The molecule has 0 spiro atoms. The van der Waals surface area contributed by atoms with E-state index in [9.17, 15) is 0 Å². The van der Waals surface area contributed by atoms with Gasteiger partial charge in [-0.3, -0.25) is 0 Å². The number of hydrogen-bond acceptors (Lipinski definition) is 3. The first-order chi connectivity index (χ1) is 10.1. The fourth-order valence-electron chi connectivity index (χ4n) is 4.34. The van der Waals surface area contributed by atoms with Crippen LogP contribution in [0.25, 0.3) is 0 Å². The summed E-state index contributed by atoms with van der Waals surface area (Å²) in [5.41, 5.74) is 2.67. The van der Waals surface area contributed by atoms with Gasteiger partial charge in [-0.25, -0.2) is 0 Å². The molecule has 2 heterocycles. The van der Waals surface area contributed by atoms with Crippen molar-refractivity contribution in [3.8, 4) is 11.5 Å². The Balaban J connectivity index is 1.71. The SMILES string of the molecule is CC1=C[C@H](C)[C@H]2CO[C@@H](c3ccc4c(c3)OCO4)[C@H]1[C@H]2C. The minimum Gasteiger partial charge on any atom is -0.454 e. The summed E-state index contributed by atoms with van der Waals surface area (Å²) in [5.74, 6) is 4.08. The van der Waals surface area contributed by atoms with Crippen molar-refractivity contribution in [2.45, 2.75) is 26.9 Å². The smallest absolute Gasteiger partial charge is 0.231 e. The molecule has 1 saturated heterocycles. The Morgan fingerprint density at radius 2 is 1.90 bits per heavy atom. The van der Waals surface area contributed by atoms with Crippen LogP contribution in [0.2, 0.25) is 0 Å². The molecule has 1 aliphatic carbocycles. The molecule has 2 bridgehead atoms. The molecule has 1 fully saturated rings. The summed E-state index contributed by atoms with van der Waals surface area (Å²) in [5, 5.41) is 0. The van der Waals surface area contributed by atoms with E-state index >= 15 is 0 Å². The van der Waals surface area contributed by atoms with Crippen molar-refractivity contribution in [2.75, 3.05) is 13.4 Å². The van der Waals surface area contributed by atoms with Crippen LogP contribution in [0.4, 0.5) is 0 Å². The Kier molecular flexibility index (Phi) is 3.00. The van der Waals surface area contributed by atoms with Crippen molar-refractivity contribution in [3.05, 3.63) is 35.4 Å². The second kappa shape index (κ2) is 4.77. The van der Waals surface area contributed by atoms with Gasteiger partial charge in [0.05, 0.1) is 12.7 Å². The molecule has 0 N–H and O–H groups in total. The van der Waals surface area contributed by atoms with E-state index in [0.29, 0.717) is 30.5 Å². The molecule has 5 atom stereocenters. The minimum absolute atomic E-state index is 0.134. The molecule has 0 unspecified atom stereocenters. The van der Waals surface area contributed by atoms with Gasteiger partial charge in [0.2, 0.25) is 6.79 Å². The maximum atomic E-state index is 6.26. The predicted octanol–water partition coefficient (Wildman–Crippen LogP) is 3.95. The van der Waals surface area contributed by atoms with Gasteiger partial charge in [0.25, 0.3) is 0 Å². The van der Waals surface area contributed by atoms with Crippen molar-refractivity contribution in [3.63, 3.8) is 0 Å². The highest BCUT2D eigenvalue weighted by Crippen LogP contribution is 2.50. The van der Waals surface area contributed by atoms with Crippen LogP contribution in [0.15, 0.2) is 29.8 Å². The molecule has 3 aliphatic rings. The fourth-order valence-corrected chi connectivity index (χ4v) is 4.34. The lowest BCUT2D eigenvalue weighted by Gasteiger charge is -2.47. The normalized spacial score (nSPS) is 37.3. The summed E-state index contributed by atoms with van der Waals surface area (Å²) < 4.78 is 17.2. The Bertz CT molecular complexity index is 592. The van der Waals surface area contributed by atoms with Crippen LogP contribution < -0.4 is 9.47 Å². The largest absolute Gasteiger partial charge is 0.454 e. The molecule has 4 rings (SSSR count). The van der Waals surface area contributed by atoms with E-state index in [0.717, 1.165) is 18.1 Å². The van der Waals surface area contributed by atoms with Gasteiger partial charge in [0.1, 0.15) is 0 Å². The second-order valence-electron chi connectivity index (χ2n) is 6.69. The Hall–Kier alpha value is -1.48. The molecule has 0 aromatic heterocycles.